The summed E-state index contributed by atoms with van der Waals surface area (Å²) in [6, 6.07) is 16.5. The topological polar surface area (TPSA) is 79.9 Å². The highest BCUT2D eigenvalue weighted by Crippen LogP contribution is 2.36. The molecule has 0 fully saturated rings. The first-order valence-electron chi connectivity index (χ1n) is 12.2. The summed E-state index contributed by atoms with van der Waals surface area (Å²) in [6.07, 6.45) is 2.08. The standard InChI is InChI=1S/C28H32BrN3O4/c1-18(30-2)27(33)31-23-8-6-7-15-36-26-10-5-4-9-24(26)32(28(23)34)17-22-21-13-12-20(29)16-19(21)11-14-25(22)35-3/h4-5,9-14,16,18,23,30H,6-8,15,17H2,1-3H3,(H,31,33)/t18-,23-/m0/s1. The lowest BCUT2D eigenvalue weighted by molar-refractivity contribution is -0.128. The zero-order valence-corrected chi connectivity index (χ0v) is 22.4. The van der Waals surface area contributed by atoms with Crippen LogP contribution >= 0.6 is 15.9 Å². The highest BCUT2D eigenvalue weighted by molar-refractivity contribution is 9.10. The maximum Gasteiger partial charge on any atom is 0.249 e. The minimum Gasteiger partial charge on any atom is -0.496 e. The number of methoxy groups -OCH3 is 1. The Hall–Kier alpha value is -3.10. The first-order chi connectivity index (χ1) is 17.4. The molecule has 190 valence electrons. The second-order valence-corrected chi connectivity index (χ2v) is 9.84. The third-order valence-corrected chi connectivity index (χ3v) is 7.09. The second kappa shape index (κ2) is 11.8. The van der Waals surface area contributed by atoms with Crippen molar-refractivity contribution in [2.45, 2.75) is 44.8 Å². The summed E-state index contributed by atoms with van der Waals surface area (Å²) in [5, 5.41) is 7.96. The molecule has 4 rings (SSSR count). The summed E-state index contributed by atoms with van der Waals surface area (Å²) >= 11 is 3.55. The predicted molar refractivity (Wildman–Crippen MR) is 146 cm³/mol. The molecule has 8 heteroatoms. The van der Waals surface area contributed by atoms with E-state index >= 15 is 0 Å². The van der Waals surface area contributed by atoms with Crippen molar-refractivity contribution >= 4 is 44.2 Å². The van der Waals surface area contributed by atoms with Gasteiger partial charge in [0.1, 0.15) is 17.5 Å². The maximum atomic E-state index is 14.2. The van der Waals surface area contributed by atoms with Crippen LogP contribution in [0.4, 0.5) is 5.69 Å². The smallest absolute Gasteiger partial charge is 0.249 e. The average Bonchev–Trinajstić information content (AvgIpc) is 2.89. The highest BCUT2D eigenvalue weighted by atomic mass is 79.9. The van der Waals surface area contributed by atoms with E-state index < -0.39 is 12.1 Å². The van der Waals surface area contributed by atoms with Gasteiger partial charge in [-0.3, -0.25) is 9.59 Å². The molecule has 0 aliphatic carbocycles. The number of benzene rings is 3. The number of carbonyl (C=O) groups excluding carboxylic acids is 2. The number of nitrogens with one attached hydrogen (secondary N) is 2. The summed E-state index contributed by atoms with van der Waals surface area (Å²) in [5.41, 5.74) is 1.55. The maximum absolute atomic E-state index is 14.2. The van der Waals surface area contributed by atoms with Gasteiger partial charge in [0.05, 0.1) is 32.0 Å². The van der Waals surface area contributed by atoms with Crippen molar-refractivity contribution in [3.8, 4) is 11.5 Å². The quantitative estimate of drug-likeness (QED) is 0.458. The minimum atomic E-state index is -0.658. The monoisotopic (exact) mass is 553 g/mol. The fraction of sp³-hybridized carbons (Fsp3) is 0.357. The van der Waals surface area contributed by atoms with Crippen LogP contribution in [0, 0.1) is 0 Å². The number of fused-ring (bicyclic) bond motifs is 2. The van der Waals surface area contributed by atoms with Crippen molar-refractivity contribution in [3.05, 3.63) is 64.6 Å². The third-order valence-electron chi connectivity index (χ3n) is 6.59. The minimum absolute atomic E-state index is 0.180. The van der Waals surface area contributed by atoms with Crippen LogP contribution in [-0.2, 0) is 16.1 Å². The van der Waals surface area contributed by atoms with Gasteiger partial charge in [-0.15, -0.1) is 0 Å². The number of hydrogen-bond acceptors (Lipinski definition) is 5. The van der Waals surface area contributed by atoms with E-state index in [-0.39, 0.29) is 18.4 Å². The van der Waals surface area contributed by atoms with E-state index in [9.17, 15) is 9.59 Å². The normalized spacial score (nSPS) is 17.2. The Morgan fingerprint density at radius 1 is 1.19 bits per heavy atom. The van der Waals surface area contributed by atoms with Crippen LogP contribution in [0.15, 0.2) is 59.1 Å². The van der Waals surface area contributed by atoms with Gasteiger partial charge in [0.2, 0.25) is 11.8 Å². The molecule has 0 saturated heterocycles. The zero-order valence-electron chi connectivity index (χ0n) is 20.8. The summed E-state index contributed by atoms with van der Waals surface area (Å²) in [6.45, 7) is 2.58. The molecule has 2 atom stereocenters. The van der Waals surface area contributed by atoms with Crippen molar-refractivity contribution in [2.24, 2.45) is 0 Å². The molecule has 0 spiro atoms. The van der Waals surface area contributed by atoms with Crippen LogP contribution in [0.25, 0.3) is 10.8 Å². The van der Waals surface area contributed by atoms with Gasteiger partial charge in [-0.05, 0) is 74.3 Å². The van der Waals surface area contributed by atoms with Crippen LogP contribution in [0.1, 0.15) is 31.7 Å². The van der Waals surface area contributed by atoms with Crippen LogP contribution in [0.2, 0.25) is 0 Å². The van der Waals surface area contributed by atoms with E-state index in [2.05, 4.69) is 26.6 Å². The lowest BCUT2D eigenvalue weighted by Gasteiger charge is -2.31. The molecular weight excluding hydrogens is 522 g/mol. The molecule has 36 heavy (non-hydrogen) atoms. The van der Waals surface area contributed by atoms with Gasteiger partial charge in [-0.2, -0.15) is 0 Å². The molecule has 3 aromatic rings. The zero-order chi connectivity index (χ0) is 25.7. The van der Waals surface area contributed by atoms with E-state index in [1.807, 2.05) is 54.6 Å². The Kier molecular flexibility index (Phi) is 8.48. The molecule has 0 unspecified atom stereocenters. The average molecular weight is 554 g/mol. The first-order valence-corrected chi connectivity index (χ1v) is 13.0. The Morgan fingerprint density at radius 2 is 2.00 bits per heavy atom. The van der Waals surface area contributed by atoms with Crippen LogP contribution in [0.3, 0.4) is 0 Å². The predicted octanol–water partition coefficient (Wildman–Crippen LogP) is 4.80. The lowest BCUT2D eigenvalue weighted by atomic mass is 10.0. The number of carbonyl (C=O) groups is 2. The lowest BCUT2D eigenvalue weighted by Crippen LogP contribution is -2.52. The molecule has 0 saturated carbocycles. The van der Waals surface area contributed by atoms with Gasteiger partial charge in [-0.1, -0.05) is 40.2 Å². The summed E-state index contributed by atoms with van der Waals surface area (Å²) in [7, 11) is 3.36. The van der Waals surface area contributed by atoms with Crippen molar-refractivity contribution in [1.29, 1.82) is 0 Å². The number of halogens is 1. The molecule has 7 nitrogen and oxygen atoms in total. The number of hydrogen-bond donors (Lipinski definition) is 2. The number of para-hydroxylation sites is 2. The molecular formula is C28H32BrN3O4. The Labute approximate surface area is 220 Å². The summed E-state index contributed by atoms with van der Waals surface area (Å²) < 4.78 is 12.8. The molecule has 3 aromatic carbocycles. The molecule has 0 bridgehead atoms. The van der Waals surface area contributed by atoms with E-state index in [0.29, 0.717) is 30.2 Å². The number of rotatable bonds is 6. The Balaban J connectivity index is 1.82. The van der Waals surface area contributed by atoms with Crippen molar-refractivity contribution in [3.63, 3.8) is 0 Å². The van der Waals surface area contributed by atoms with E-state index in [0.717, 1.165) is 33.7 Å². The van der Waals surface area contributed by atoms with Gasteiger partial charge < -0.3 is 25.0 Å². The molecule has 2 amide bonds. The fourth-order valence-electron chi connectivity index (χ4n) is 4.45. The summed E-state index contributed by atoms with van der Waals surface area (Å²) in [5.74, 6) is 0.951. The van der Waals surface area contributed by atoms with Crippen LogP contribution in [0.5, 0.6) is 11.5 Å². The summed E-state index contributed by atoms with van der Waals surface area (Å²) in [4.78, 5) is 28.6. The van der Waals surface area contributed by atoms with Crippen molar-refractivity contribution in [1.82, 2.24) is 10.6 Å². The Bertz CT molecular complexity index is 1250. The number of anilines is 1. The Morgan fingerprint density at radius 3 is 2.78 bits per heavy atom. The molecule has 2 N–H and O–H groups in total. The van der Waals surface area contributed by atoms with Gasteiger partial charge in [0, 0.05) is 10.0 Å². The van der Waals surface area contributed by atoms with Gasteiger partial charge >= 0.3 is 0 Å². The largest absolute Gasteiger partial charge is 0.496 e. The van der Waals surface area contributed by atoms with Crippen molar-refractivity contribution in [2.75, 3.05) is 25.7 Å². The van der Waals surface area contributed by atoms with E-state index in [1.165, 1.54) is 0 Å². The van der Waals surface area contributed by atoms with Gasteiger partial charge in [-0.25, -0.2) is 0 Å². The number of ether oxygens (including phenoxy) is 2. The third kappa shape index (κ3) is 5.65. The van der Waals surface area contributed by atoms with E-state index in [1.54, 1.807) is 26.0 Å². The SMILES string of the molecule is CN[C@@H](C)C(=O)N[C@H]1CCCCOc2ccccc2N(Cc2c(OC)ccc3cc(Br)ccc23)C1=O. The molecule has 1 aliphatic rings. The van der Waals surface area contributed by atoms with Gasteiger partial charge in [0.15, 0.2) is 0 Å². The van der Waals surface area contributed by atoms with Crippen LogP contribution in [-0.4, -0.2) is 44.7 Å². The number of likely N-dealkylation sites (N-methyl/N-ethyl adjacent to an activating group) is 1. The molecule has 0 aromatic heterocycles. The highest BCUT2D eigenvalue weighted by Gasteiger charge is 2.31. The number of nitrogens with zero attached hydrogens (tertiary/aromatic N) is 1. The second-order valence-electron chi connectivity index (χ2n) is 8.92. The molecule has 1 aliphatic heterocycles. The number of amides is 2. The van der Waals surface area contributed by atoms with Crippen LogP contribution < -0.4 is 25.0 Å². The molecule has 1 heterocycles. The fourth-order valence-corrected chi connectivity index (χ4v) is 4.83. The van der Waals surface area contributed by atoms with Crippen molar-refractivity contribution < 1.29 is 19.1 Å². The van der Waals surface area contributed by atoms with E-state index in [4.69, 9.17) is 9.47 Å². The first kappa shape index (κ1) is 26.0. The van der Waals surface area contributed by atoms with Gasteiger partial charge in [0.25, 0.3) is 0 Å². The molecule has 0 radical (unpaired) electrons.